The Balaban J connectivity index is 1.08. The molecule has 2 nitrogen and oxygen atoms in total. The highest BCUT2D eigenvalue weighted by atomic mass is 15.0. The molecule has 0 aliphatic carbocycles. The van der Waals surface area contributed by atoms with Crippen molar-refractivity contribution in [1.82, 2.24) is 4.57 Å². The molecule has 0 aliphatic rings. The lowest BCUT2D eigenvalue weighted by atomic mass is 10.0. The summed E-state index contributed by atoms with van der Waals surface area (Å²) < 4.78 is 2.37. The monoisotopic (exact) mass is 562 g/mol. The first-order valence-electron chi connectivity index (χ1n) is 15.0. The summed E-state index contributed by atoms with van der Waals surface area (Å²) >= 11 is 0. The van der Waals surface area contributed by atoms with Gasteiger partial charge in [0.1, 0.15) is 0 Å². The molecule has 0 fully saturated rings. The van der Waals surface area contributed by atoms with E-state index in [1.165, 1.54) is 55.2 Å². The van der Waals surface area contributed by atoms with E-state index >= 15 is 0 Å². The second-order valence-electron chi connectivity index (χ2n) is 11.1. The molecule has 8 aromatic rings. The number of para-hydroxylation sites is 1. The minimum absolute atomic E-state index is 1.07. The normalized spacial score (nSPS) is 11.2. The SMILES string of the molecule is c1ccc(-c2ccc(Nc3ccc(-c4ccc5c(c4)c4ccccc4n5-c4ccc(-c5ccccc5)cc4)cc3)cc2)cc1. The molecular weight excluding hydrogens is 532 g/mol. The lowest BCUT2D eigenvalue weighted by Gasteiger charge is -2.11. The van der Waals surface area contributed by atoms with Gasteiger partial charge in [-0.15, -0.1) is 0 Å². The Morgan fingerprint density at radius 1 is 0.318 bits per heavy atom. The summed E-state index contributed by atoms with van der Waals surface area (Å²) in [7, 11) is 0. The van der Waals surface area contributed by atoms with Crippen molar-refractivity contribution in [3.8, 4) is 39.1 Å². The van der Waals surface area contributed by atoms with Gasteiger partial charge in [-0.05, 0) is 88.0 Å². The maximum Gasteiger partial charge on any atom is 0.0541 e. The quantitative estimate of drug-likeness (QED) is 0.213. The van der Waals surface area contributed by atoms with Crippen molar-refractivity contribution < 1.29 is 0 Å². The van der Waals surface area contributed by atoms with Gasteiger partial charge in [0, 0.05) is 27.8 Å². The Bertz CT molecular complexity index is 2190. The maximum atomic E-state index is 3.55. The van der Waals surface area contributed by atoms with Crippen LogP contribution in [0.4, 0.5) is 11.4 Å². The van der Waals surface area contributed by atoms with Crippen LogP contribution < -0.4 is 5.32 Å². The number of hydrogen-bond donors (Lipinski definition) is 1. The van der Waals surface area contributed by atoms with Crippen LogP contribution in [-0.4, -0.2) is 4.57 Å². The third kappa shape index (κ3) is 4.83. The standard InChI is InChI=1S/C42H30N2/c1-3-9-30(10-4-1)32-15-22-36(23-16-32)43-37-24-17-34(18-25-37)35-21-28-42-40(29-35)39-13-7-8-14-41(39)44(42)38-26-19-33(20-27-38)31-11-5-2-6-12-31/h1-29,43H. The van der Waals surface area contributed by atoms with Crippen LogP contribution >= 0.6 is 0 Å². The molecule has 0 aliphatic heterocycles. The summed E-state index contributed by atoms with van der Waals surface area (Å²) in [6, 6.07) is 62.7. The number of nitrogens with one attached hydrogen (secondary N) is 1. The predicted octanol–water partition coefficient (Wildman–Crippen LogP) is 11.5. The molecule has 0 atom stereocenters. The molecule has 1 heterocycles. The molecule has 2 heteroatoms. The fraction of sp³-hybridized carbons (Fsp3) is 0. The summed E-state index contributed by atoms with van der Waals surface area (Å²) in [6.07, 6.45) is 0. The van der Waals surface area contributed by atoms with Gasteiger partial charge in [0.25, 0.3) is 0 Å². The molecule has 0 saturated carbocycles. The van der Waals surface area contributed by atoms with Gasteiger partial charge in [0.2, 0.25) is 0 Å². The number of fused-ring (bicyclic) bond motifs is 3. The number of benzene rings is 7. The molecule has 0 radical (unpaired) electrons. The molecule has 208 valence electrons. The van der Waals surface area contributed by atoms with Gasteiger partial charge in [-0.1, -0.05) is 121 Å². The first-order valence-corrected chi connectivity index (χ1v) is 15.0. The Hall–Kier alpha value is -5.86. The minimum atomic E-state index is 1.07. The minimum Gasteiger partial charge on any atom is -0.356 e. The molecule has 1 aromatic heterocycles. The van der Waals surface area contributed by atoms with E-state index in [4.69, 9.17) is 0 Å². The zero-order chi connectivity index (χ0) is 29.3. The van der Waals surface area contributed by atoms with E-state index in [9.17, 15) is 0 Å². The van der Waals surface area contributed by atoms with Gasteiger partial charge in [0.15, 0.2) is 0 Å². The molecule has 44 heavy (non-hydrogen) atoms. The van der Waals surface area contributed by atoms with E-state index in [-0.39, 0.29) is 0 Å². The van der Waals surface area contributed by atoms with E-state index in [1.54, 1.807) is 0 Å². The highest BCUT2D eigenvalue weighted by Gasteiger charge is 2.13. The molecule has 0 unspecified atom stereocenters. The van der Waals surface area contributed by atoms with E-state index < -0.39 is 0 Å². The van der Waals surface area contributed by atoms with Crippen LogP contribution in [0.2, 0.25) is 0 Å². The highest BCUT2D eigenvalue weighted by molar-refractivity contribution is 6.10. The number of anilines is 2. The third-order valence-corrected chi connectivity index (χ3v) is 8.40. The Kier molecular flexibility index (Phi) is 6.51. The number of hydrogen-bond acceptors (Lipinski definition) is 1. The zero-order valence-corrected chi connectivity index (χ0v) is 24.2. The van der Waals surface area contributed by atoms with E-state index in [0.717, 1.165) is 17.1 Å². The number of nitrogens with zero attached hydrogens (tertiary/aromatic N) is 1. The van der Waals surface area contributed by atoms with Crippen molar-refractivity contribution in [2.45, 2.75) is 0 Å². The zero-order valence-electron chi connectivity index (χ0n) is 24.2. The molecule has 0 amide bonds. The van der Waals surface area contributed by atoms with Crippen LogP contribution in [0.15, 0.2) is 176 Å². The fourth-order valence-electron chi connectivity index (χ4n) is 6.15. The lowest BCUT2D eigenvalue weighted by Crippen LogP contribution is -1.93. The topological polar surface area (TPSA) is 17.0 Å². The first kappa shape index (κ1) is 25.8. The lowest BCUT2D eigenvalue weighted by molar-refractivity contribution is 1.18. The van der Waals surface area contributed by atoms with Crippen molar-refractivity contribution in [2.24, 2.45) is 0 Å². The van der Waals surface area contributed by atoms with Gasteiger partial charge in [-0.25, -0.2) is 0 Å². The summed E-state index contributed by atoms with van der Waals surface area (Å²) in [4.78, 5) is 0. The highest BCUT2D eigenvalue weighted by Crippen LogP contribution is 2.36. The van der Waals surface area contributed by atoms with Crippen LogP contribution in [-0.2, 0) is 0 Å². The van der Waals surface area contributed by atoms with Crippen molar-refractivity contribution in [1.29, 1.82) is 0 Å². The average Bonchev–Trinajstić information content (AvgIpc) is 3.43. The second kappa shape index (κ2) is 11.1. The van der Waals surface area contributed by atoms with Crippen molar-refractivity contribution in [3.63, 3.8) is 0 Å². The van der Waals surface area contributed by atoms with E-state index in [1.807, 2.05) is 6.07 Å². The predicted molar refractivity (Wildman–Crippen MR) is 187 cm³/mol. The van der Waals surface area contributed by atoms with Crippen LogP contribution in [0.25, 0.3) is 60.9 Å². The smallest absolute Gasteiger partial charge is 0.0541 e. The fourth-order valence-corrected chi connectivity index (χ4v) is 6.15. The Morgan fingerprint density at radius 2 is 0.750 bits per heavy atom. The van der Waals surface area contributed by atoms with Crippen LogP contribution in [0.1, 0.15) is 0 Å². The molecule has 0 saturated heterocycles. The van der Waals surface area contributed by atoms with Crippen LogP contribution in [0.3, 0.4) is 0 Å². The van der Waals surface area contributed by atoms with Crippen molar-refractivity contribution in [2.75, 3.05) is 5.32 Å². The van der Waals surface area contributed by atoms with E-state index in [0.29, 0.717) is 0 Å². The summed E-state index contributed by atoms with van der Waals surface area (Å²) in [5, 5.41) is 6.06. The number of rotatable bonds is 6. The van der Waals surface area contributed by atoms with Crippen LogP contribution in [0, 0.1) is 0 Å². The maximum absolute atomic E-state index is 3.55. The third-order valence-electron chi connectivity index (χ3n) is 8.40. The molecule has 1 N–H and O–H groups in total. The Morgan fingerprint density at radius 3 is 1.34 bits per heavy atom. The average molecular weight is 563 g/mol. The van der Waals surface area contributed by atoms with Gasteiger partial charge in [-0.3, -0.25) is 0 Å². The molecule has 7 aromatic carbocycles. The van der Waals surface area contributed by atoms with Crippen LogP contribution in [0.5, 0.6) is 0 Å². The summed E-state index contributed by atoms with van der Waals surface area (Å²) in [6.45, 7) is 0. The van der Waals surface area contributed by atoms with Gasteiger partial charge >= 0.3 is 0 Å². The summed E-state index contributed by atoms with van der Waals surface area (Å²) in [5.41, 5.74) is 13.0. The van der Waals surface area contributed by atoms with Gasteiger partial charge in [-0.2, -0.15) is 0 Å². The second-order valence-corrected chi connectivity index (χ2v) is 11.1. The van der Waals surface area contributed by atoms with Gasteiger partial charge in [0.05, 0.1) is 11.0 Å². The number of aromatic nitrogens is 1. The molecule has 0 bridgehead atoms. The largest absolute Gasteiger partial charge is 0.356 e. The van der Waals surface area contributed by atoms with Gasteiger partial charge < -0.3 is 9.88 Å². The first-order chi connectivity index (χ1) is 21.8. The van der Waals surface area contributed by atoms with E-state index in [2.05, 4.69) is 180 Å². The molecule has 0 spiro atoms. The molecule has 8 rings (SSSR count). The van der Waals surface area contributed by atoms with Crippen molar-refractivity contribution in [3.05, 3.63) is 176 Å². The molecular formula is C42H30N2. The Labute approximate surface area is 257 Å². The van der Waals surface area contributed by atoms with Crippen molar-refractivity contribution >= 4 is 33.2 Å². The summed E-state index contributed by atoms with van der Waals surface area (Å²) in [5.74, 6) is 0.